The van der Waals surface area contributed by atoms with Crippen molar-refractivity contribution < 1.29 is 0 Å². The monoisotopic (exact) mass is 577 g/mol. The smallest absolute Gasteiger partial charge is 0.0478 e. The standard InChI is InChI=1S/C35H42N2.C3H7N.C2H6/c1-6-27(2)15-16-29-11-10-14-35(25-29)37(28(3)31-12-8-7-9-13-31)26-30-17-19-32(20-18-30)33-21-23-34(24-22-33)36(4)5;1-3(2)4;1-2/h10-11,14-25,31H,2-3,6-9,12-13,26H2,1,4-5H3;1,4H2,2H3;1-2H3/b16-15+;;. The van der Waals surface area contributed by atoms with Gasteiger partial charge < -0.3 is 15.5 Å². The number of hydrogen-bond acceptors (Lipinski definition) is 3. The van der Waals surface area contributed by atoms with Crippen LogP contribution in [0.5, 0.6) is 0 Å². The minimum atomic E-state index is 0.558. The topological polar surface area (TPSA) is 32.5 Å². The highest BCUT2D eigenvalue weighted by molar-refractivity contribution is 5.67. The van der Waals surface area contributed by atoms with Crippen LogP contribution in [0.15, 0.2) is 116 Å². The van der Waals surface area contributed by atoms with Crippen LogP contribution < -0.4 is 15.5 Å². The van der Waals surface area contributed by atoms with Gasteiger partial charge in [0.1, 0.15) is 0 Å². The first kappa shape index (κ1) is 35.2. The van der Waals surface area contributed by atoms with Gasteiger partial charge >= 0.3 is 0 Å². The molecule has 0 radical (unpaired) electrons. The second-order valence-corrected chi connectivity index (χ2v) is 11.3. The molecule has 3 nitrogen and oxygen atoms in total. The number of benzene rings is 3. The Balaban J connectivity index is 0.000000993. The fourth-order valence-corrected chi connectivity index (χ4v) is 5.08. The van der Waals surface area contributed by atoms with Crippen LogP contribution in [0.4, 0.5) is 11.4 Å². The lowest BCUT2D eigenvalue weighted by Gasteiger charge is -2.34. The van der Waals surface area contributed by atoms with Crippen LogP contribution in [-0.4, -0.2) is 14.1 Å². The van der Waals surface area contributed by atoms with Gasteiger partial charge in [0.2, 0.25) is 0 Å². The van der Waals surface area contributed by atoms with Gasteiger partial charge in [-0.2, -0.15) is 0 Å². The van der Waals surface area contributed by atoms with Crippen LogP contribution in [0.1, 0.15) is 77.3 Å². The summed E-state index contributed by atoms with van der Waals surface area (Å²) in [4.78, 5) is 4.58. The average molecular weight is 578 g/mol. The van der Waals surface area contributed by atoms with Crippen molar-refractivity contribution in [1.82, 2.24) is 0 Å². The normalized spacial score (nSPS) is 12.8. The first-order chi connectivity index (χ1) is 20.7. The van der Waals surface area contributed by atoms with Gasteiger partial charge in [-0.25, -0.2) is 0 Å². The van der Waals surface area contributed by atoms with E-state index in [1.807, 2.05) is 13.8 Å². The van der Waals surface area contributed by atoms with E-state index >= 15 is 0 Å². The maximum Gasteiger partial charge on any atom is 0.0478 e. The van der Waals surface area contributed by atoms with E-state index in [1.165, 1.54) is 71.4 Å². The summed E-state index contributed by atoms with van der Waals surface area (Å²) < 4.78 is 0. The second kappa shape index (κ2) is 18.5. The fraction of sp³-hybridized carbons (Fsp3) is 0.350. The van der Waals surface area contributed by atoms with Crippen LogP contribution in [0.2, 0.25) is 0 Å². The van der Waals surface area contributed by atoms with Gasteiger partial charge in [0, 0.05) is 37.7 Å². The van der Waals surface area contributed by atoms with Crippen molar-refractivity contribution in [2.75, 3.05) is 23.9 Å². The summed E-state index contributed by atoms with van der Waals surface area (Å²) in [5.74, 6) is 0.558. The van der Waals surface area contributed by atoms with E-state index in [9.17, 15) is 0 Å². The predicted octanol–water partition coefficient (Wildman–Crippen LogP) is 11.0. The number of nitrogens with zero attached hydrogens (tertiary/aromatic N) is 2. The molecule has 0 bridgehead atoms. The summed E-state index contributed by atoms with van der Waals surface area (Å²) in [5.41, 5.74) is 15.4. The van der Waals surface area contributed by atoms with Crippen molar-refractivity contribution in [3.63, 3.8) is 0 Å². The molecule has 0 saturated heterocycles. The zero-order valence-electron chi connectivity index (χ0n) is 27.7. The summed E-state index contributed by atoms with van der Waals surface area (Å²) in [6, 6.07) is 26.6. The molecule has 0 unspecified atom stereocenters. The quantitative estimate of drug-likeness (QED) is 0.243. The van der Waals surface area contributed by atoms with Gasteiger partial charge in [-0.15, -0.1) is 0 Å². The molecule has 0 spiro atoms. The number of rotatable bonds is 10. The predicted molar refractivity (Wildman–Crippen MR) is 193 cm³/mol. The Morgan fingerprint density at radius 1 is 0.837 bits per heavy atom. The first-order valence-corrected chi connectivity index (χ1v) is 15.9. The number of anilines is 2. The third kappa shape index (κ3) is 11.7. The third-order valence-electron chi connectivity index (χ3n) is 7.58. The molecule has 0 aromatic heterocycles. The second-order valence-electron chi connectivity index (χ2n) is 11.3. The summed E-state index contributed by atoms with van der Waals surface area (Å²) in [6.45, 7) is 20.8. The molecule has 4 rings (SSSR count). The van der Waals surface area contributed by atoms with Crippen molar-refractivity contribution in [1.29, 1.82) is 0 Å². The highest BCUT2D eigenvalue weighted by Gasteiger charge is 2.22. The van der Waals surface area contributed by atoms with E-state index in [1.54, 1.807) is 6.92 Å². The van der Waals surface area contributed by atoms with E-state index in [2.05, 4.69) is 136 Å². The molecule has 1 aliphatic carbocycles. The molecule has 0 heterocycles. The zero-order valence-corrected chi connectivity index (χ0v) is 27.7. The Hall–Kier alpha value is -3.98. The molecule has 43 heavy (non-hydrogen) atoms. The van der Waals surface area contributed by atoms with Crippen molar-refractivity contribution >= 4 is 17.5 Å². The fourth-order valence-electron chi connectivity index (χ4n) is 5.08. The Kier molecular flexibility index (Phi) is 15.2. The Bertz CT molecular complexity index is 1300. The van der Waals surface area contributed by atoms with Crippen LogP contribution in [0.3, 0.4) is 0 Å². The molecule has 2 N–H and O–H groups in total. The lowest BCUT2D eigenvalue weighted by atomic mass is 9.86. The van der Waals surface area contributed by atoms with Gasteiger partial charge in [-0.3, -0.25) is 0 Å². The highest BCUT2D eigenvalue weighted by atomic mass is 15.1. The van der Waals surface area contributed by atoms with Crippen molar-refractivity contribution in [3.05, 3.63) is 127 Å². The average Bonchev–Trinajstić information content (AvgIpc) is 3.03. The van der Waals surface area contributed by atoms with Crippen LogP contribution in [-0.2, 0) is 6.54 Å². The molecule has 3 aromatic rings. The van der Waals surface area contributed by atoms with Crippen LogP contribution >= 0.6 is 0 Å². The lowest BCUT2D eigenvalue weighted by molar-refractivity contribution is 0.396. The molecule has 0 amide bonds. The highest BCUT2D eigenvalue weighted by Crippen LogP contribution is 2.35. The van der Waals surface area contributed by atoms with Gasteiger partial charge in [-0.1, -0.05) is 126 Å². The largest absolute Gasteiger partial charge is 0.403 e. The van der Waals surface area contributed by atoms with Crippen LogP contribution in [0, 0.1) is 5.92 Å². The van der Waals surface area contributed by atoms with E-state index in [-0.39, 0.29) is 0 Å². The van der Waals surface area contributed by atoms with E-state index < -0.39 is 0 Å². The summed E-state index contributed by atoms with van der Waals surface area (Å²) >= 11 is 0. The zero-order chi connectivity index (χ0) is 31.8. The minimum absolute atomic E-state index is 0.558. The molecule has 0 atom stereocenters. The molecule has 0 aliphatic heterocycles. The molecule has 3 heteroatoms. The van der Waals surface area contributed by atoms with Crippen molar-refractivity contribution in [2.24, 2.45) is 11.7 Å². The maximum absolute atomic E-state index is 4.92. The molecular formula is C40H55N3. The molecular weight excluding hydrogens is 522 g/mol. The first-order valence-electron chi connectivity index (χ1n) is 15.9. The maximum atomic E-state index is 4.92. The Morgan fingerprint density at radius 3 is 1.93 bits per heavy atom. The third-order valence-corrected chi connectivity index (χ3v) is 7.58. The molecule has 3 aromatic carbocycles. The molecule has 1 fully saturated rings. The molecule has 1 aliphatic rings. The number of hydrogen-bond donors (Lipinski definition) is 1. The van der Waals surface area contributed by atoms with Gasteiger partial charge in [-0.05, 0) is 84.3 Å². The van der Waals surface area contributed by atoms with Crippen molar-refractivity contribution in [3.8, 4) is 11.1 Å². The van der Waals surface area contributed by atoms with Crippen molar-refractivity contribution in [2.45, 2.75) is 72.8 Å². The number of nitrogens with two attached hydrogens (primary N) is 1. The van der Waals surface area contributed by atoms with E-state index in [4.69, 9.17) is 5.73 Å². The summed E-state index contributed by atoms with van der Waals surface area (Å²) in [6.07, 6.45) is 11.7. The minimum Gasteiger partial charge on any atom is -0.403 e. The number of allylic oxidation sites excluding steroid dienone is 4. The van der Waals surface area contributed by atoms with Gasteiger partial charge in [0.25, 0.3) is 0 Å². The Labute approximate surface area is 263 Å². The Morgan fingerprint density at radius 2 is 1.40 bits per heavy atom. The van der Waals surface area contributed by atoms with E-state index in [0.29, 0.717) is 11.6 Å². The van der Waals surface area contributed by atoms with E-state index in [0.717, 1.165) is 18.5 Å². The van der Waals surface area contributed by atoms with Crippen LogP contribution in [0.25, 0.3) is 17.2 Å². The van der Waals surface area contributed by atoms with Gasteiger partial charge in [0.15, 0.2) is 0 Å². The summed E-state index contributed by atoms with van der Waals surface area (Å²) in [7, 11) is 4.15. The lowest BCUT2D eigenvalue weighted by Crippen LogP contribution is -2.27. The SMILES string of the molecule is C=C(/C=C/c1cccc(N(Cc2ccc(-c3ccc(N(C)C)cc3)cc2)C(=C)C2CCCCC2)c1)CC.C=C(C)N.CC. The van der Waals surface area contributed by atoms with Gasteiger partial charge in [0.05, 0.1) is 0 Å². The molecule has 1 saturated carbocycles. The summed E-state index contributed by atoms with van der Waals surface area (Å²) in [5, 5.41) is 0. The molecule has 230 valence electrons.